The Morgan fingerprint density at radius 1 is 1.16 bits per heavy atom. The minimum absolute atomic E-state index is 0.0576. The van der Waals surface area contributed by atoms with Crippen LogP contribution in [-0.2, 0) is 14.4 Å². The molecule has 0 saturated carbocycles. The van der Waals surface area contributed by atoms with E-state index in [1.165, 1.54) is 17.1 Å². The fourth-order valence-corrected chi connectivity index (χ4v) is 3.91. The first-order valence-electron chi connectivity index (χ1n) is 11.8. The molecule has 1 atom stereocenters. The van der Waals surface area contributed by atoms with Gasteiger partial charge in [0.05, 0.1) is 32.4 Å². The van der Waals surface area contributed by atoms with Gasteiger partial charge in [0.15, 0.2) is 17.4 Å². The van der Waals surface area contributed by atoms with E-state index in [-0.39, 0.29) is 56.4 Å². The minimum atomic E-state index is -3.22. The molecular weight excluding hydrogens is 512 g/mol. The number of hydrogen-bond donors (Lipinski definition) is 1. The van der Waals surface area contributed by atoms with E-state index in [1.807, 2.05) is 5.32 Å². The summed E-state index contributed by atoms with van der Waals surface area (Å²) >= 11 is 0. The molecule has 0 bridgehead atoms. The summed E-state index contributed by atoms with van der Waals surface area (Å²) in [6, 6.07) is 10.6. The second-order valence-corrected chi connectivity index (χ2v) is 8.34. The number of nitrogens with one attached hydrogen (secondary N) is 1. The van der Waals surface area contributed by atoms with E-state index in [2.05, 4.69) is 0 Å². The van der Waals surface area contributed by atoms with Crippen LogP contribution < -0.4 is 15.1 Å². The molecule has 1 aliphatic heterocycles. The first-order valence-corrected chi connectivity index (χ1v) is 11.8. The van der Waals surface area contributed by atoms with Gasteiger partial charge < -0.3 is 19.8 Å². The van der Waals surface area contributed by atoms with Crippen molar-refractivity contribution in [3.8, 4) is 0 Å². The number of ketones is 1. The molecule has 0 radical (unpaired) electrons. The van der Waals surface area contributed by atoms with Gasteiger partial charge in [0.25, 0.3) is 5.91 Å². The number of ether oxygens (including phenoxy) is 1. The van der Waals surface area contributed by atoms with Crippen LogP contribution >= 0.6 is 0 Å². The lowest BCUT2D eigenvalue weighted by molar-refractivity contribution is -0.132. The van der Waals surface area contributed by atoms with Crippen molar-refractivity contribution in [2.24, 2.45) is 0 Å². The Bertz CT molecular complexity index is 1110. The van der Waals surface area contributed by atoms with Gasteiger partial charge in [-0.25, -0.2) is 13.6 Å². The molecule has 206 valence electrons. The van der Waals surface area contributed by atoms with E-state index in [1.54, 1.807) is 37.3 Å². The molecule has 2 aromatic rings. The van der Waals surface area contributed by atoms with Gasteiger partial charge in [-0.05, 0) is 6.92 Å². The van der Waals surface area contributed by atoms with Crippen molar-refractivity contribution in [3.05, 3.63) is 59.7 Å². The normalized spacial score (nSPS) is 15.2. The molecule has 13 heteroatoms. The van der Waals surface area contributed by atoms with Crippen molar-refractivity contribution in [2.75, 3.05) is 56.2 Å². The zero-order chi connectivity index (χ0) is 27.8. The van der Waals surface area contributed by atoms with Gasteiger partial charge in [0.1, 0.15) is 11.8 Å². The van der Waals surface area contributed by atoms with E-state index >= 15 is 8.78 Å². The van der Waals surface area contributed by atoms with E-state index in [9.17, 15) is 23.2 Å². The van der Waals surface area contributed by atoms with Crippen molar-refractivity contribution < 1.29 is 41.5 Å². The number of carbonyl (C=O) groups excluding carboxylic acids is 3. The van der Waals surface area contributed by atoms with Gasteiger partial charge in [-0.2, -0.15) is 13.8 Å². The number of benzene rings is 2. The first-order chi connectivity index (χ1) is 18.1. The van der Waals surface area contributed by atoms with E-state index in [0.29, 0.717) is 5.56 Å². The summed E-state index contributed by atoms with van der Waals surface area (Å²) in [6.07, 6.45) is -5.12. The number of nitrogens with zero attached hydrogens (tertiary/aromatic N) is 3. The predicted octanol–water partition coefficient (Wildman–Crippen LogP) is 3.24. The maximum atomic E-state index is 15.1. The Hall–Kier alpha value is -3.71. The summed E-state index contributed by atoms with van der Waals surface area (Å²) in [5.74, 6) is -3.57. The van der Waals surface area contributed by atoms with Crippen molar-refractivity contribution in [2.45, 2.75) is 19.5 Å². The van der Waals surface area contributed by atoms with Gasteiger partial charge in [-0.1, -0.05) is 30.3 Å². The third-order valence-electron chi connectivity index (χ3n) is 5.88. The summed E-state index contributed by atoms with van der Waals surface area (Å²) in [7, 11) is 1.39. The Morgan fingerprint density at radius 2 is 1.82 bits per heavy atom. The smallest absolute Gasteiger partial charge is 0.414 e. The van der Waals surface area contributed by atoms with Crippen LogP contribution in [0.25, 0.3) is 0 Å². The lowest BCUT2D eigenvalue weighted by Crippen LogP contribution is -2.38. The van der Waals surface area contributed by atoms with Crippen LogP contribution in [0.2, 0.25) is 0 Å². The summed E-state index contributed by atoms with van der Waals surface area (Å²) in [6.45, 7) is 1.59. The number of halogens is 4. The van der Waals surface area contributed by atoms with Crippen LogP contribution in [0.1, 0.15) is 17.3 Å². The Balaban J connectivity index is 1.65. The van der Waals surface area contributed by atoms with Crippen molar-refractivity contribution in [3.63, 3.8) is 0 Å². The monoisotopic (exact) mass is 540 g/mol. The molecule has 1 aliphatic rings. The number of amides is 2. The number of cyclic esters (lactones) is 1. The van der Waals surface area contributed by atoms with Crippen LogP contribution in [0.15, 0.2) is 42.5 Å². The summed E-state index contributed by atoms with van der Waals surface area (Å²) in [4.78, 5) is 43.4. The molecule has 9 nitrogen and oxygen atoms in total. The molecule has 0 unspecified atom stereocenters. The third-order valence-corrected chi connectivity index (χ3v) is 5.88. The zero-order valence-electron chi connectivity index (χ0n) is 20.8. The van der Waals surface area contributed by atoms with Gasteiger partial charge in [-0.3, -0.25) is 14.5 Å². The van der Waals surface area contributed by atoms with Crippen molar-refractivity contribution in [1.29, 1.82) is 0 Å². The molecule has 0 aromatic heterocycles. The molecule has 1 N–H and O–H groups in total. The summed E-state index contributed by atoms with van der Waals surface area (Å²) in [5, 5.41) is 3.32. The fraction of sp³-hybridized carbons (Fsp3) is 0.400. The maximum absolute atomic E-state index is 15.1. The topological polar surface area (TPSA) is 91.4 Å². The van der Waals surface area contributed by atoms with Crippen LogP contribution in [0, 0.1) is 11.6 Å². The molecular formula is C25H28F4N4O5. The standard InChI is InChI=1S/C25H28F4N4O5/c1-3-31(9-10-32(37-2)15-21(34)16-7-5-4-6-8-16)22-19(26)11-17(12-20(22)27)33-14-18(38-25(33)36)13-30-24(35)23(28)29/h4-8,11-12,18,23H,3,9-10,13-15H2,1-2H3,(H,30,35)/t18-/m0/s1. The van der Waals surface area contributed by atoms with Gasteiger partial charge in [0, 0.05) is 37.3 Å². The van der Waals surface area contributed by atoms with E-state index < -0.39 is 36.2 Å². The molecule has 3 rings (SSSR count). The quantitative estimate of drug-likeness (QED) is 0.237. The fourth-order valence-electron chi connectivity index (χ4n) is 3.91. The Morgan fingerprint density at radius 3 is 2.39 bits per heavy atom. The molecule has 1 saturated heterocycles. The van der Waals surface area contributed by atoms with Gasteiger partial charge >= 0.3 is 12.5 Å². The van der Waals surface area contributed by atoms with Gasteiger partial charge in [-0.15, -0.1) is 0 Å². The average molecular weight is 541 g/mol. The Kier molecular flexibility index (Phi) is 10.0. The number of anilines is 2. The van der Waals surface area contributed by atoms with Crippen LogP contribution in [0.5, 0.6) is 0 Å². The second-order valence-electron chi connectivity index (χ2n) is 8.34. The van der Waals surface area contributed by atoms with E-state index in [0.717, 1.165) is 17.0 Å². The number of hydroxylamine groups is 2. The lowest BCUT2D eigenvalue weighted by Gasteiger charge is -2.28. The molecule has 2 aromatic carbocycles. The summed E-state index contributed by atoms with van der Waals surface area (Å²) < 4.78 is 59.9. The predicted molar refractivity (Wildman–Crippen MR) is 130 cm³/mol. The molecule has 0 aliphatic carbocycles. The number of Topliss-reactive ketones (excluding diaryl/α,β-unsaturated/α-hetero) is 1. The number of carbonyl (C=O) groups is 3. The SMILES string of the molecule is CCN(CCN(CC(=O)c1ccccc1)OC)c1c(F)cc(N2C[C@H](CNC(=O)C(F)F)OC2=O)cc1F. The number of alkyl halides is 2. The second kappa shape index (κ2) is 13.2. The van der Waals surface area contributed by atoms with Crippen LogP contribution in [-0.4, -0.2) is 81.8 Å². The zero-order valence-corrected chi connectivity index (χ0v) is 20.8. The van der Waals surface area contributed by atoms with Crippen LogP contribution in [0.3, 0.4) is 0 Å². The highest BCUT2D eigenvalue weighted by Crippen LogP contribution is 2.31. The highest BCUT2D eigenvalue weighted by atomic mass is 19.3. The number of rotatable bonds is 13. The molecule has 1 fully saturated rings. The molecule has 0 spiro atoms. The summed E-state index contributed by atoms with van der Waals surface area (Å²) in [5.41, 5.74) is 0.0584. The largest absolute Gasteiger partial charge is 0.442 e. The number of hydrogen-bond acceptors (Lipinski definition) is 7. The third kappa shape index (κ3) is 7.19. The van der Waals surface area contributed by atoms with Crippen molar-refractivity contribution >= 4 is 29.2 Å². The highest BCUT2D eigenvalue weighted by molar-refractivity contribution is 5.97. The van der Waals surface area contributed by atoms with Crippen molar-refractivity contribution in [1.82, 2.24) is 10.4 Å². The molecule has 2 amide bonds. The van der Waals surface area contributed by atoms with Gasteiger partial charge in [0.2, 0.25) is 0 Å². The molecule has 38 heavy (non-hydrogen) atoms. The first kappa shape index (κ1) is 28.9. The maximum Gasteiger partial charge on any atom is 0.414 e. The highest BCUT2D eigenvalue weighted by Gasteiger charge is 2.34. The average Bonchev–Trinajstić information content (AvgIpc) is 3.28. The van der Waals surface area contributed by atoms with Crippen LogP contribution in [0.4, 0.5) is 33.7 Å². The Labute approximate surface area is 216 Å². The van der Waals surface area contributed by atoms with E-state index in [4.69, 9.17) is 9.57 Å². The minimum Gasteiger partial charge on any atom is -0.442 e. The lowest BCUT2D eigenvalue weighted by atomic mass is 10.1. The number of likely N-dealkylation sites (N-methyl/N-ethyl adjacent to an activating group) is 1. The molecule has 1 heterocycles.